The molecule has 4 heterocycles. The van der Waals surface area contributed by atoms with Gasteiger partial charge in [-0.3, -0.25) is 9.36 Å². The number of nitrogens with zero attached hydrogens (tertiary/aromatic N) is 6. The molecular formula is C24H25N7O. The van der Waals surface area contributed by atoms with Gasteiger partial charge in [-0.1, -0.05) is 0 Å². The fourth-order valence-corrected chi connectivity index (χ4v) is 4.16. The van der Waals surface area contributed by atoms with Crippen molar-refractivity contribution in [2.45, 2.75) is 6.92 Å². The number of carbonyl (C=O) groups is 1. The molecule has 1 aliphatic rings. The molecule has 1 aliphatic heterocycles. The van der Waals surface area contributed by atoms with Crippen LogP contribution in [-0.2, 0) is 0 Å². The smallest absolute Gasteiger partial charge is 0.229 e. The van der Waals surface area contributed by atoms with E-state index < -0.39 is 0 Å². The van der Waals surface area contributed by atoms with Crippen LogP contribution in [0.5, 0.6) is 0 Å². The lowest BCUT2D eigenvalue weighted by Gasteiger charge is -2.35. The fraction of sp³-hybridized carbons (Fsp3) is 0.250. The molecule has 0 aliphatic carbocycles. The largest absolute Gasteiger partial charge is 0.369 e. The third-order valence-corrected chi connectivity index (χ3v) is 5.91. The van der Waals surface area contributed by atoms with Gasteiger partial charge < -0.3 is 15.1 Å². The molecule has 162 valence electrons. The van der Waals surface area contributed by atoms with Gasteiger partial charge in [-0.15, -0.1) is 0 Å². The van der Waals surface area contributed by atoms with Crippen molar-refractivity contribution in [2.24, 2.45) is 0 Å². The van der Waals surface area contributed by atoms with Gasteiger partial charge in [0.15, 0.2) is 6.29 Å². The number of benzene rings is 1. The number of hydrogen-bond donors (Lipinski definition) is 1. The van der Waals surface area contributed by atoms with E-state index in [4.69, 9.17) is 0 Å². The molecule has 0 atom stereocenters. The Balaban J connectivity index is 1.40. The molecular weight excluding hydrogens is 402 g/mol. The number of rotatable bonds is 5. The van der Waals surface area contributed by atoms with Gasteiger partial charge in [0.1, 0.15) is 11.5 Å². The predicted octanol–water partition coefficient (Wildman–Crippen LogP) is 3.43. The van der Waals surface area contributed by atoms with E-state index in [0.717, 1.165) is 43.5 Å². The molecule has 0 bridgehead atoms. The molecule has 3 aromatic heterocycles. The Kier molecular flexibility index (Phi) is 5.28. The molecule has 5 rings (SSSR count). The third-order valence-electron chi connectivity index (χ3n) is 5.91. The van der Waals surface area contributed by atoms with Crippen LogP contribution in [-0.4, -0.2) is 63.9 Å². The maximum absolute atomic E-state index is 11.5. The number of carbonyl (C=O) groups excluding carboxylic acids is 1. The highest BCUT2D eigenvalue weighted by atomic mass is 16.1. The Hall–Kier alpha value is -3.78. The van der Waals surface area contributed by atoms with Crippen molar-refractivity contribution in [3.63, 3.8) is 0 Å². The quantitative estimate of drug-likeness (QED) is 0.489. The Morgan fingerprint density at radius 1 is 1.03 bits per heavy atom. The highest BCUT2D eigenvalue weighted by molar-refractivity contribution is 5.96. The summed E-state index contributed by atoms with van der Waals surface area (Å²) in [7, 11) is 2.16. The van der Waals surface area contributed by atoms with Crippen LogP contribution < -0.4 is 10.2 Å². The van der Waals surface area contributed by atoms with Crippen molar-refractivity contribution in [1.82, 2.24) is 24.4 Å². The molecule has 4 aromatic rings. The second-order valence-electron chi connectivity index (χ2n) is 8.10. The maximum Gasteiger partial charge on any atom is 0.229 e. The lowest BCUT2D eigenvalue weighted by atomic mass is 10.1. The molecule has 1 N–H and O–H groups in total. The fourth-order valence-electron chi connectivity index (χ4n) is 4.16. The molecule has 1 fully saturated rings. The second kappa shape index (κ2) is 8.39. The zero-order valence-corrected chi connectivity index (χ0v) is 18.2. The first-order chi connectivity index (χ1) is 15.6. The summed E-state index contributed by atoms with van der Waals surface area (Å²) in [5, 5.41) is 4.11. The van der Waals surface area contributed by atoms with Gasteiger partial charge in [-0.25, -0.2) is 9.97 Å². The Bertz CT molecular complexity index is 1270. The molecule has 1 aromatic carbocycles. The van der Waals surface area contributed by atoms with Crippen LogP contribution in [0.15, 0.2) is 55.0 Å². The number of pyridine rings is 1. The summed E-state index contributed by atoms with van der Waals surface area (Å²) in [6.07, 6.45) is 6.00. The van der Waals surface area contributed by atoms with E-state index in [-0.39, 0.29) is 0 Å². The van der Waals surface area contributed by atoms with E-state index in [2.05, 4.69) is 62.2 Å². The Labute approximate surface area is 186 Å². The maximum atomic E-state index is 11.5. The topological polar surface area (TPSA) is 79.2 Å². The molecule has 0 spiro atoms. The highest BCUT2D eigenvalue weighted by Crippen LogP contribution is 2.26. The summed E-state index contributed by atoms with van der Waals surface area (Å²) in [4.78, 5) is 29.7. The van der Waals surface area contributed by atoms with Crippen LogP contribution in [0, 0.1) is 6.92 Å². The lowest BCUT2D eigenvalue weighted by Crippen LogP contribution is -2.44. The number of fused-ring (bicyclic) bond motifs is 1. The zero-order valence-electron chi connectivity index (χ0n) is 18.2. The SMILES string of the molecule is Cc1cc(Nc2nccc(-n3cc(C=O)c4cccnc43)n2)ccc1N1CCN(C)CC1. The normalized spacial score (nSPS) is 14.6. The van der Waals surface area contributed by atoms with E-state index >= 15 is 0 Å². The van der Waals surface area contributed by atoms with Crippen LogP contribution in [0.1, 0.15) is 15.9 Å². The van der Waals surface area contributed by atoms with E-state index in [1.54, 1.807) is 24.7 Å². The average molecular weight is 428 g/mol. The zero-order chi connectivity index (χ0) is 22.1. The first-order valence-electron chi connectivity index (χ1n) is 10.7. The summed E-state index contributed by atoms with van der Waals surface area (Å²) in [5.41, 5.74) is 4.68. The Morgan fingerprint density at radius 3 is 2.66 bits per heavy atom. The van der Waals surface area contributed by atoms with Gasteiger partial charge in [-0.2, -0.15) is 4.98 Å². The van der Waals surface area contributed by atoms with Crippen molar-refractivity contribution in [2.75, 3.05) is 43.4 Å². The number of likely N-dealkylation sites (N-methyl/N-ethyl adjacent to an activating group) is 1. The number of hydrogen-bond acceptors (Lipinski definition) is 7. The number of aromatic nitrogens is 4. The van der Waals surface area contributed by atoms with Crippen LogP contribution in [0.25, 0.3) is 16.9 Å². The number of piperazine rings is 1. The van der Waals surface area contributed by atoms with Crippen molar-refractivity contribution < 1.29 is 4.79 Å². The minimum absolute atomic E-state index is 0.486. The van der Waals surface area contributed by atoms with Gasteiger partial charge >= 0.3 is 0 Å². The summed E-state index contributed by atoms with van der Waals surface area (Å²) in [6.45, 7) is 6.37. The van der Waals surface area contributed by atoms with Crippen LogP contribution in [0.4, 0.5) is 17.3 Å². The average Bonchev–Trinajstić information content (AvgIpc) is 3.19. The predicted molar refractivity (Wildman–Crippen MR) is 126 cm³/mol. The molecule has 8 nitrogen and oxygen atoms in total. The van der Waals surface area contributed by atoms with Gasteiger partial charge in [-0.05, 0) is 55.9 Å². The molecule has 0 amide bonds. The van der Waals surface area contributed by atoms with Crippen molar-refractivity contribution in [3.05, 3.63) is 66.1 Å². The standard InChI is InChI=1S/C24H25N7O/c1-17-14-19(5-6-21(17)30-12-10-29(2)11-13-30)27-24-26-9-7-22(28-24)31-15-18(16-32)20-4-3-8-25-23(20)31/h3-9,14-16H,10-13H2,1-2H3,(H,26,27,28). The van der Waals surface area contributed by atoms with E-state index in [1.807, 2.05) is 16.7 Å². The van der Waals surface area contributed by atoms with Crippen molar-refractivity contribution >= 4 is 34.6 Å². The van der Waals surface area contributed by atoms with Gasteiger partial charge in [0, 0.05) is 67.1 Å². The number of aldehydes is 1. The number of nitrogens with one attached hydrogen (secondary N) is 1. The van der Waals surface area contributed by atoms with Crippen LogP contribution in [0.3, 0.4) is 0 Å². The van der Waals surface area contributed by atoms with Gasteiger partial charge in [0.2, 0.25) is 5.95 Å². The number of aryl methyl sites for hydroxylation is 1. The summed E-state index contributed by atoms with van der Waals surface area (Å²) >= 11 is 0. The molecule has 0 saturated carbocycles. The first kappa shape index (κ1) is 20.1. The summed E-state index contributed by atoms with van der Waals surface area (Å²) < 4.78 is 1.81. The van der Waals surface area contributed by atoms with E-state index in [9.17, 15) is 4.79 Å². The molecule has 32 heavy (non-hydrogen) atoms. The Morgan fingerprint density at radius 2 is 1.88 bits per heavy atom. The summed E-state index contributed by atoms with van der Waals surface area (Å²) in [6, 6.07) is 11.9. The third kappa shape index (κ3) is 3.80. The molecule has 1 saturated heterocycles. The van der Waals surface area contributed by atoms with Crippen molar-refractivity contribution in [1.29, 1.82) is 0 Å². The highest BCUT2D eigenvalue weighted by Gasteiger charge is 2.16. The minimum Gasteiger partial charge on any atom is -0.369 e. The van der Waals surface area contributed by atoms with Gasteiger partial charge in [0.25, 0.3) is 0 Å². The van der Waals surface area contributed by atoms with E-state index in [1.165, 1.54) is 11.3 Å². The van der Waals surface area contributed by atoms with Gasteiger partial charge in [0.05, 0.1) is 0 Å². The lowest BCUT2D eigenvalue weighted by molar-refractivity contribution is 0.112. The summed E-state index contributed by atoms with van der Waals surface area (Å²) in [5.74, 6) is 1.13. The minimum atomic E-state index is 0.486. The molecule has 0 radical (unpaired) electrons. The second-order valence-corrected chi connectivity index (χ2v) is 8.10. The first-order valence-corrected chi connectivity index (χ1v) is 10.7. The number of anilines is 3. The molecule has 8 heteroatoms. The van der Waals surface area contributed by atoms with E-state index in [0.29, 0.717) is 23.0 Å². The molecule has 0 unspecified atom stereocenters. The van der Waals surface area contributed by atoms with Crippen molar-refractivity contribution in [3.8, 4) is 5.82 Å². The van der Waals surface area contributed by atoms with Crippen LogP contribution >= 0.6 is 0 Å². The monoisotopic (exact) mass is 427 g/mol. The van der Waals surface area contributed by atoms with Crippen LogP contribution in [0.2, 0.25) is 0 Å².